The van der Waals surface area contributed by atoms with Gasteiger partial charge >= 0.3 is 0 Å². The van der Waals surface area contributed by atoms with E-state index < -0.39 is 0 Å². The summed E-state index contributed by atoms with van der Waals surface area (Å²) in [4.78, 5) is 12.9. The molecule has 0 aromatic heterocycles. The van der Waals surface area contributed by atoms with Gasteiger partial charge in [-0.05, 0) is 30.5 Å². The first kappa shape index (κ1) is 14.2. The predicted molar refractivity (Wildman–Crippen MR) is 75.5 cm³/mol. The standard InChI is InChI=1S/C14H19ClN2O2/c1-17(2)14(18)9-19-13-6-3-10(7-12(13)15)8-16-11-4-5-11/h3,6-7,11,16H,4-5,8-9H2,1-2H3. The Kier molecular flexibility index (Phi) is 4.66. The maximum absolute atomic E-state index is 11.4. The third-order valence-corrected chi connectivity index (χ3v) is 3.31. The Bertz CT molecular complexity index is 459. The van der Waals surface area contributed by atoms with E-state index in [0.29, 0.717) is 16.8 Å². The Morgan fingerprint density at radius 3 is 2.79 bits per heavy atom. The summed E-state index contributed by atoms with van der Waals surface area (Å²) in [7, 11) is 3.39. The fourth-order valence-corrected chi connectivity index (χ4v) is 1.85. The van der Waals surface area contributed by atoms with Crippen LogP contribution in [0.15, 0.2) is 18.2 Å². The average Bonchev–Trinajstić information content (AvgIpc) is 3.18. The number of hydrogen-bond donors (Lipinski definition) is 1. The lowest BCUT2D eigenvalue weighted by Crippen LogP contribution is -2.27. The van der Waals surface area contributed by atoms with Crippen LogP contribution in [0.5, 0.6) is 5.75 Å². The molecule has 1 saturated carbocycles. The second-order valence-corrected chi connectivity index (χ2v) is 5.40. The minimum atomic E-state index is -0.0875. The summed E-state index contributed by atoms with van der Waals surface area (Å²) >= 11 is 6.15. The molecule has 1 aromatic carbocycles. The lowest BCUT2D eigenvalue weighted by atomic mass is 10.2. The van der Waals surface area contributed by atoms with E-state index in [2.05, 4.69) is 5.32 Å². The highest BCUT2D eigenvalue weighted by atomic mass is 35.5. The van der Waals surface area contributed by atoms with Gasteiger partial charge < -0.3 is 15.0 Å². The summed E-state index contributed by atoms with van der Waals surface area (Å²) in [6.45, 7) is 0.827. The second-order valence-electron chi connectivity index (χ2n) is 5.00. The van der Waals surface area contributed by atoms with E-state index in [1.54, 1.807) is 14.1 Å². The molecule has 0 unspecified atom stereocenters. The van der Waals surface area contributed by atoms with Gasteiger partial charge in [0.25, 0.3) is 5.91 Å². The van der Waals surface area contributed by atoms with E-state index in [1.165, 1.54) is 17.7 Å². The van der Waals surface area contributed by atoms with Crippen molar-refractivity contribution in [3.63, 3.8) is 0 Å². The van der Waals surface area contributed by atoms with Crippen LogP contribution in [0.4, 0.5) is 0 Å². The molecule has 104 valence electrons. The molecular weight excluding hydrogens is 264 g/mol. The summed E-state index contributed by atoms with van der Waals surface area (Å²) in [6.07, 6.45) is 2.53. The molecule has 0 heterocycles. The molecular formula is C14H19ClN2O2. The van der Waals surface area contributed by atoms with Crippen molar-refractivity contribution < 1.29 is 9.53 Å². The van der Waals surface area contributed by atoms with E-state index in [-0.39, 0.29) is 12.5 Å². The number of carbonyl (C=O) groups excluding carboxylic acids is 1. The lowest BCUT2D eigenvalue weighted by Gasteiger charge is -2.13. The molecule has 0 bridgehead atoms. The van der Waals surface area contributed by atoms with Crippen LogP contribution >= 0.6 is 11.6 Å². The molecule has 0 aliphatic heterocycles. The van der Waals surface area contributed by atoms with Gasteiger partial charge in [0.15, 0.2) is 6.61 Å². The van der Waals surface area contributed by atoms with Crippen LogP contribution in [0.1, 0.15) is 18.4 Å². The Labute approximate surface area is 118 Å². The van der Waals surface area contributed by atoms with Crippen molar-refractivity contribution in [2.24, 2.45) is 0 Å². The SMILES string of the molecule is CN(C)C(=O)COc1ccc(CNC2CC2)cc1Cl. The van der Waals surface area contributed by atoms with E-state index in [1.807, 2.05) is 18.2 Å². The normalized spacial score (nSPS) is 14.3. The first-order chi connectivity index (χ1) is 9.06. The Morgan fingerprint density at radius 1 is 1.47 bits per heavy atom. The van der Waals surface area contributed by atoms with Crippen LogP contribution in [0, 0.1) is 0 Å². The summed E-state index contributed by atoms with van der Waals surface area (Å²) in [6, 6.07) is 6.34. The van der Waals surface area contributed by atoms with Gasteiger partial charge in [0.2, 0.25) is 0 Å². The van der Waals surface area contributed by atoms with Gasteiger partial charge in [0.1, 0.15) is 5.75 Å². The van der Waals surface area contributed by atoms with Gasteiger partial charge in [-0.1, -0.05) is 17.7 Å². The summed E-state index contributed by atoms with van der Waals surface area (Å²) < 4.78 is 5.41. The highest BCUT2D eigenvalue weighted by Gasteiger charge is 2.20. The smallest absolute Gasteiger partial charge is 0.259 e. The van der Waals surface area contributed by atoms with Crippen LogP contribution in [-0.4, -0.2) is 37.6 Å². The number of amides is 1. The molecule has 0 spiro atoms. The van der Waals surface area contributed by atoms with E-state index in [4.69, 9.17) is 16.3 Å². The highest BCUT2D eigenvalue weighted by Crippen LogP contribution is 2.26. The molecule has 1 fully saturated rings. The highest BCUT2D eigenvalue weighted by molar-refractivity contribution is 6.32. The van der Waals surface area contributed by atoms with Gasteiger partial charge in [-0.15, -0.1) is 0 Å². The van der Waals surface area contributed by atoms with Crippen molar-refractivity contribution >= 4 is 17.5 Å². The van der Waals surface area contributed by atoms with Crippen molar-refractivity contribution in [2.45, 2.75) is 25.4 Å². The minimum absolute atomic E-state index is 0.00634. The quantitative estimate of drug-likeness (QED) is 0.868. The molecule has 5 heteroatoms. The summed E-state index contributed by atoms with van der Waals surface area (Å²) in [5.41, 5.74) is 1.13. The zero-order valence-corrected chi connectivity index (χ0v) is 12.0. The van der Waals surface area contributed by atoms with Gasteiger partial charge in [-0.25, -0.2) is 0 Å². The molecule has 0 radical (unpaired) electrons. The molecule has 1 aromatic rings. The van der Waals surface area contributed by atoms with Crippen LogP contribution in [0.25, 0.3) is 0 Å². The molecule has 2 rings (SSSR count). The van der Waals surface area contributed by atoms with Gasteiger partial charge in [0.05, 0.1) is 5.02 Å². The average molecular weight is 283 g/mol. The summed E-state index contributed by atoms with van der Waals surface area (Å²) in [5, 5.41) is 3.97. The van der Waals surface area contributed by atoms with Gasteiger partial charge in [-0.3, -0.25) is 4.79 Å². The number of likely N-dealkylation sites (N-methyl/N-ethyl adjacent to an activating group) is 1. The summed E-state index contributed by atoms with van der Waals surface area (Å²) in [5.74, 6) is 0.461. The molecule has 0 saturated heterocycles. The van der Waals surface area contributed by atoms with Gasteiger partial charge in [-0.2, -0.15) is 0 Å². The molecule has 1 aliphatic carbocycles. The van der Waals surface area contributed by atoms with Crippen LogP contribution < -0.4 is 10.1 Å². The largest absolute Gasteiger partial charge is 0.482 e. The fourth-order valence-electron chi connectivity index (χ4n) is 1.59. The number of hydrogen-bond acceptors (Lipinski definition) is 3. The zero-order chi connectivity index (χ0) is 13.8. The molecule has 19 heavy (non-hydrogen) atoms. The Morgan fingerprint density at radius 2 is 2.21 bits per heavy atom. The Balaban J connectivity index is 1.88. The monoisotopic (exact) mass is 282 g/mol. The second kappa shape index (κ2) is 6.26. The maximum atomic E-state index is 11.4. The maximum Gasteiger partial charge on any atom is 0.259 e. The van der Waals surface area contributed by atoms with Crippen molar-refractivity contribution in [1.82, 2.24) is 10.2 Å². The predicted octanol–water partition coefficient (Wildman–Crippen LogP) is 2.06. The number of rotatable bonds is 6. The number of benzene rings is 1. The van der Waals surface area contributed by atoms with Crippen LogP contribution in [0.2, 0.25) is 5.02 Å². The van der Waals surface area contributed by atoms with Crippen molar-refractivity contribution in [2.75, 3.05) is 20.7 Å². The number of nitrogens with one attached hydrogen (secondary N) is 1. The van der Waals surface area contributed by atoms with Crippen LogP contribution in [0.3, 0.4) is 0 Å². The van der Waals surface area contributed by atoms with Crippen molar-refractivity contribution in [3.8, 4) is 5.75 Å². The van der Waals surface area contributed by atoms with E-state index in [0.717, 1.165) is 12.1 Å². The topological polar surface area (TPSA) is 41.6 Å². The molecule has 1 aliphatic rings. The van der Waals surface area contributed by atoms with Crippen LogP contribution in [-0.2, 0) is 11.3 Å². The number of halogens is 1. The fraction of sp³-hybridized carbons (Fsp3) is 0.500. The molecule has 0 atom stereocenters. The number of carbonyl (C=O) groups is 1. The lowest BCUT2D eigenvalue weighted by molar-refractivity contribution is -0.130. The molecule has 1 amide bonds. The first-order valence-corrected chi connectivity index (χ1v) is 6.79. The number of ether oxygens (including phenoxy) is 1. The van der Waals surface area contributed by atoms with Crippen molar-refractivity contribution in [1.29, 1.82) is 0 Å². The van der Waals surface area contributed by atoms with Gasteiger partial charge in [0, 0.05) is 26.7 Å². The molecule has 4 nitrogen and oxygen atoms in total. The first-order valence-electron chi connectivity index (χ1n) is 6.41. The van der Waals surface area contributed by atoms with Crippen molar-refractivity contribution in [3.05, 3.63) is 28.8 Å². The molecule has 1 N–H and O–H groups in total. The third-order valence-electron chi connectivity index (χ3n) is 3.02. The number of nitrogens with zero attached hydrogens (tertiary/aromatic N) is 1. The minimum Gasteiger partial charge on any atom is -0.482 e. The third kappa shape index (κ3) is 4.40. The zero-order valence-electron chi connectivity index (χ0n) is 11.3. The Hall–Kier alpha value is -1.26. The van der Waals surface area contributed by atoms with E-state index in [9.17, 15) is 4.79 Å². The van der Waals surface area contributed by atoms with E-state index >= 15 is 0 Å².